The van der Waals surface area contributed by atoms with Gasteiger partial charge in [-0.2, -0.15) is 0 Å². The van der Waals surface area contributed by atoms with Crippen molar-refractivity contribution < 1.29 is 13.9 Å². The number of hydrogen-bond donors (Lipinski definition) is 1. The van der Waals surface area contributed by atoms with Crippen LogP contribution in [0.25, 0.3) is 0 Å². The SMILES string of the molecule is CCNC1COc2cc(OCc3ccccc3F)ccc21. The van der Waals surface area contributed by atoms with Crippen molar-refractivity contribution in [1.29, 1.82) is 0 Å². The highest BCUT2D eigenvalue weighted by molar-refractivity contribution is 5.45. The minimum absolute atomic E-state index is 0.210. The van der Waals surface area contributed by atoms with Crippen molar-refractivity contribution in [2.24, 2.45) is 0 Å². The van der Waals surface area contributed by atoms with E-state index in [0.29, 0.717) is 17.9 Å². The molecule has 2 aromatic carbocycles. The Bertz CT molecular complexity index is 630. The summed E-state index contributed by atoms with van der Waals surface area (Å²) in [4.78, 5) is 0. The normalized spacial score (nSPS) is 16.4. The van der Waals surface area contributed by atoms with Crippen LogP contribution in [0.1, 0.15) is 24.1 Å². The topological polar surface area (TPSA) is 30.5 Å². The summed E-state index contributed by atoms with van der Waals surface area (Å²) in [6.07, 6.45) is 0. The number of rotatable bonds is 5. The van der Waals surface area contributed by atoms with Gasteiger partial charge in [0, 0.05) is 17.2 Å². The van der Waals surface area contributed by atoms with E-state index in [4.69, 9.17) is 9.47 Å². The van der Waals surface area contributed by atoms with E-state index in [1.54, 1.807) is 18.2 Å². The van der Waals surface area contributed by atoms with Crippen LogP contribution in [0.4, 0.5) is 4.39 Å². The summed E-state index contributed by atoms with van der Waals surface area (Å²) >= 11 is 0. The Kier molecular flexibility index (Phi) is 4.06. The molecule has 1 aliphatic rings. The second-order valence-corrected chi connectivity index (χ2v) is 5.00. The van der Waals surface area contributed by atoms with Gasteiger partial charge in [-0.15, -0.1) is 0 Å². The van der Waals surface area contributed by atoms with Crippen molar-refractivity contribution in [1.82, 2.24) is 5.32 Å². The van der Waals surface area contributed by atoms with Crippen molar-refractivity contribution in [2.75, 3.05) is 13.2 Å². The molecule has 3 nitrogen and oxygen atoms in total. The zero-order valence-corrected chi connectivity index (χ0v) is 11.9. The molecule has 0 aliphatic carbocycles. The zero-order chi connectivity index (χ0) is 14.7. The van der Waals surface area contributed by atoms with Crippen LogP contribution in [0, 0.1) is 5.82 Å². The minimum atomic E-state index is -0.248. The number of fused-ring (bicyclic) bond motifs is 1. The largest absolute Gasteiger partial charge is 0.491 e. The number of hydrogen-bond acceptors (Lipinski definition) is 3. The van der Waals surface area contributed by atoms with Gasteiger partial charge in [0.25, 0.3) is 0 Å². The summed E-state index contributed by atoms with van der Waals surface area (Å²) < 4.78 is 24.9. The van der Waals surface area contributed by atoms with Gasteiger partial charge in [-0.25, -0.2) is 4.39 Å². The summed E-state index contributed by atoms with van der Waals surface area (Å²) in [6, 6.07) is 12.6. The first kappa shape index (κ1) is 13.9. The highest BCUT2D eigenvalue weighted by atomic mass is 19.1. The van der Waals surface area contributed by atoms with Gasteiger partial charge in [0.15, 0.2) is 0 Å². The molecule has 0 amide bonds. The quantitative estimate of drug-likeness (QED) is 0.913. The first-order valence-electron chi connectivity index (χ1n) is 7.14. The van der Waals surface area contributed by atoms with Crippen LogP contribution < -0.4 is 14.8 Å². The molecule has 0 saturated heterocycles. The summed E-state index contributed by atoms with van der Waals surface area (Å²) in [7, 11) is 0. The number of nitrogens with one attached hydrogen (secondary N) is 1. The highest BCUT2D eigenvalue weighted by Gasteiger charge is 2.23. The van der Waals surface area contributed by atoms with Gasteiger partial charge in [0.2, 0.25) is 0 Å². The van der Waals surface area contributed by atoms with Gasteiger partial charge in [0.05, 0.1) is 6.04 Å². The molecule has 1 aliphatic heterocycles. The number of halogens is 1. The fourth-order valence-corrected chi connectivity index (χ4v) is 2.47. The monoisotopic (exact) mass is 287 g/mol. The molecule has 0 spiro atoms. The lowest BCUT2D eigenvalue weighted by Gasteiger charge is -2.10. The molecule has 1 heterocycles. The van der Waals surface area contributed by atoms with Crippen LogP contribution in [0.3, 0.4) is 0 Å². The molecule has 0 aromatic heterocycles. The predicted molar refractivity (Wildman–Crippen MR) is 79.1 cm³/mol. The lowest BCUT2D eigenvalue weighted by atomic mass is 10.1. The minimum Gasteiger partial charge on any atom is -0.491 e. The molecule has 21 heavy (non-hydrogen) atoms. The van der Waals surface area contributed by atoms with Crippen LogP contribution in [0.5, 0.6) is 11.5 Å². The number of ether oxygens (including phenoxy) is 2. The van der Waals surface area contributed by atoms with Crippen LogP contribution in [-0.2, 0) is 6.61 Å². The Balaban J connectivity index is 1.69. The molecular weight excluding hydrogens is 269 g/mol. The van der Waals surface area contributed by atoms with Crippen molar-refractivity contribution in [3.8, 4) is 11.5 Å². The van der Waals surface area contributed by atoms with E-state index < -0.39 is 0 Å². The van der Waals surface area contributed by atoms with Gasteiger partial charge in [-0.3, -0.25) is 0 Å². The molecule has 0 saturated carbocycles. The maximum Gasteiger partial charge on any atom is 0.129 e. The second-order valence-electron chi connectivity index (χ2n) is 5.00. The molecule has 3 rings (SSSR count). The molecule has 0 bridgehead atoms. The Hall–Kier alpha value is -2.07. The molecule has 1 atom stereocenters. The zero-order valence-electron chi connectivity index (χ0n) is 11.9. The van der Waals surface area contributed by atoms with Crippen LogP contribution in [0.15, 0.2) is 42.5 Å². The molecule has 0 fully saturated rings. The first-order valence-corrected chi connectivity index (χ1v) is 7.14. The number of likely N-dealkylation sites (N-methyl/N-ethyl adjacent to an activating group) is 1. The maximum absolute atomic E-state index is 13.5. The van der Waals surface area contributed by atoms with Gasteiger partial charge >= 0.3 is 0 Å². The van der Waals surface area contributed by atoms with Crippen molar-refractivity contribution in [3.05, 3.63) is 59.4 Å². The average molecular weight is 287 g/mol. The van der Waals surface area contributed by atoms with Gasteiger partial charge in [-0.1, -0.05) is 25.1 Å². The Morgan fingerprint density at radius 1 is 1.29 bits per heavy atom. The van der Waals surface area contributed by atoms with Crippen molar-refractivity contribution in [2.45, 2.75) is 19.6 Å². The van der Waals surface area contributed by atoms with Gasteiger partial charge < -0.3 is 14.8 Å². The van der Waals surface area contributed by atoms with E-state index in [9.17, 15) is 4.39 Å². The molecule has 110 valence electrons. The van der Waals surface area contributed by atoms with E-state index in [1.165, 1.54) is 6.07 Å². The molecular formula is C17H18FNO2. The van der Waals surface area contributed by atoms with Crippen LogP contribution in [0.2, 0.25) is 0 Å². The second kappa shape index (κ2) is 6.14. The standard InChI is InChI=1S/C17H18FNO2/c1-2-19-16-11-21-17-9-13(7-8-14(16)17)20-10-12-5-3-4-6-15(12)18/h3-9,16,19H,2,10-11H2,1H3. The fourth-order valence-electron chi connectivity index (χ4n) is 2.47. The van der Waals surface area contributed by atoms with Gasteiger partial charge in [-0.05, 0) is 24.7 Å². The summed E-state index contributed by atoms with van der Waals surface area (Å²) in [6.45, 7) is 3.82. The third-order valence-corrected chi connectivity index (χ3v) is 3.57. The fraction of sp³-hybridized carbons (Fsp3) is 0.294. The first-order chi connectivity index (χ1) is 10.3. The van der Waals surface area contributed by atoms with E-state index in [1.807, 2.05) is 18.2 Å². The Morgan fingerprint density at radius 3 is 2.95 bits per heavy atom. The molecule has 1 N–H and O–H groups in total. The summed E-state index contributed by atoms with van der Waals surface area (Å²) in [5.41, 5.74) is 1.69. The molecule has 0 radical (unpaired) electrons. The lowest BCUT2D eigenvalue weighted by molar-refractivity contribution is 0.293. The smallest absolute Gasteiger partial charge is 0.129 e. The highest BCUT2D eigenvalue weighted by Crippen LogP contribution is 2.35. The third kappa shape index (κ3) is 3.00. The van der Waals surface area contributed by atoms with E-state index in [0.717, 1.165) is 17.9 Å². The summed E-state index contributed by atoms with van der Waals surface area (Å²) in [5, 5.41) is 3.37. The van der Waals surface area contributed by atoms with Crippen molar-refractivity contribution >= 4 is 0 Å². The molecule has 4 heteroatoms. The Morgan fingerprint density at radius 2 is 2.14 bits per heavy atom. The molecule has 1 unspecified atom stereocenters. The summed E-state index contributed by atoms with van der Waals surface area (Å²) in [5.74, 6) is 1.28. The van der Waals surface area contributed by atoms with E-state index in [-0.39, 0.29) is 18.5 Å². The maximum atomic E-state index is 13.5. The lowest BCUT2D eigenvalue weighted by Crippen LogP contribution is -2.21. The van der Waals surface area contributed by atoms with Crippen LogP contribution in [-0.4, -0.2) is 13.2 Å². The van der Waals surface area contributed by atoms with E-state index in [2.05, 4.69) is 12.2 Å². The third-order valence-electron chi connectivity index (χ3n) is 3.57. The average Bonchev–Trinajstić information content (AvgIpc) is 2.89. The van der Waals surface area contributed by atoms with Crippen molar-refractivity contribution in [3.63, 3.8) is 0 Å². The predicted octanol–water partition coefficient (Wildman–Crippen LogP) is 3.45. The Labute approximate surface area is 123 Å². The van der Waals surface area contributed by atoms with Crippen LogP contribution >= 0.6 is 0 Å². The van der Waals surface area contributed by atoms with Gasteiger partial charge in [0.1, 0.15) is 30.5 Å². The number of benzene rings is 2. The molecule has 2 aromatic rings. The van der Waals surface area contributed by atoms with E-state index >= 15 is 0 Å².